The van der Waals surface area contributed by atoms with Crippen LogP contribution in [0.4, 0.5) is 10.2 Å². The number of rotatable bonds is 12. The Morgan fingerprint density at radius 3 is 2.50 bits per heavy atom. The third-order valence-corrected chi connectivity index (χ3v) is 9.00. The highest BCUT2D eigenvalue weighted by molar-refractivity contribution is 7.70. The van der Waals surface area contributed by atoms with E-state index in [4.69, 9.17) is 35.4 Å². The van der Waals surface area contributed by atoms with Crippen LogP contribution in [-0.4, -0.2) is 79.2 Å². The molecular formula is C17H27ClFN5O8P2. The summed E-state index contributed by atoms with van der Waals surface area (Å²) in [5.41, 5.74) is 0.403. The van der Waals surface area contributed by atoms with Gasteiger partial charge in [-0.1, -0.05) is 12.8 Å². The topological polar surface area (TPSA) is 178 Å². The molecule has 4 N–H and O–H groups in total. The molecule has 1 aliphatic carbocycles. The number of imidazole rings is 1. The van der Waals surface area contributed by atoms with E-state index in [9.17, 15) is 14.0 Å². The average molecular weight is 546 g/mol. The second kappa shape index (κ2) is 11.2. The molecule has 17 heteroatoms. The van der Waals surface area contributed by atoms with Gasteiger partial charge in [-0.3, -0.25) is 13.7 Å². The zero-order valence-corrected chi connectivity index (χ0v) is 21.0. The largest absolute Gasteiger partial charge is 0.376 e. The molecule has 1 fully saturated rings. The van der Waals surface area contributed by atoms with Crippen LogP contribution in [0.5, 0.6) is 0 Å². The van der Waals surface area contributed by atoms with Gasteiger partial charge in [0.15, 0.2) is 22.9 Å². The van der Waals surface area contributed by atoms with Crippen molar-refractivity contribution in [3.8, 4) is 0 Å². The number of anilines is 1. The van der Waals surface area contributed by atoms with Crippen molar-refractivity contribution in [2.45, 2.75) is 50.2 Å². The maximum absolute atomic E-state index is 15.6. The summed E-state index contributed by atoms with van der Waals surface area (Å²) in [6.07, 6.45) is 0.747. The van der Waals surface area contributed by atoms with Crippen LogP contribution in [-0.2, 0) is 23.1 Å². The third kappa shape index (κ3) is 6.93. The zero-order valence-electron chi connectivity index (χ0n) is 18.5. The molecular weight excluding hydrogens is 519 g/mol. The average Bonchev–Trinajstić information content (AvgIpc) is 3.38. The van der Waals surface area contributed by atoms with Crippen molar-refractivity contribution >= 4 is 43.8 Å². The maximum atomic E-state index is 15.6. The predicted octanol–water partition coefficient (Wildman–Crippen LogP) is 2.67. The van der Waals surface area contributed by atoms with Crippen molar-refractivity contribution in [3.63, 3.8) is 0 Å². The lowest BCUT2D eigenvalue weighted by Gasteiger charge is -2.28. The van der Waals surface area contributed by atoms with Crippen molar-refractivity contribution in [3.05, 3.63) is 11.6 Å². The number of fused-ring (bicyclic) bond motifs is 1. The summed E-state index contributed by atoms with van der Waals surface area (Å²) in [5, 5.41) is 3.17. The molecule has 2 heterocycles. The molecule has 192 valence electrons. The summed E-state index contributed by atoms with van der Waals surface area (Å²) in [6, 6.07) is 0.199. The van der Waals surface area contributed by atoms with Crippen molar-refractivity contribution in [2.24, 2.45) is 0 Å². The number of nitrogens with zero attached hydrogens (tertiary/aromatic N) is 4. The molecule has 0 bridgehead atoms. The molecule has 2 aromatic rings. The molecule has 13 nitrogen and oxygen atoms in total. The van der Waals surface area contributed by atoms with Crippen LogP contribution in [0.2, 0.25) is 5.28 Å². The molecule has 4 atom stereocenters. The number of nitrogens with one attached hydrogen (secondary N) is 1. The number of alkyl halides is 1. The lowest BCUT2D eigenvalue weighted by Crippen LogP contribution is -2.39. The Hall–Kier alpha value is -1.21. The smallest absolute Gasteiger partial charge is 0.340 e. The van der Waals surface area contributed by atoms with E-state index in [1.165, 1.54) is 20.5 Å². The SMILES string of the molecule is CO[C@H]([C@@H](COP(=O)(O)CP(=O)(O)O)OC)[C@H](F)n1cnc2c(NC3CCCC3)nc(Cl)nc21. The first-order valence-corrected chi connectivity index (χ1v) is 14.2. The fourth-order valence-electron chi connectivity index (χ4n) is 3.79. The van der Waals surface area contributed by atoms with E-state index in [0.717, 1.165) is 30.3 Å². The van der Waals surface area contributed by atoms with Gasteiger partial charge in [-0.15, -0.1) is 0 Å². The van der Waals surface area contributed by atoms with Crippen LogP contribution in [0.1, 0.15) is 32.0 Å². The fourth-order valence-corrected chi connectivity index (χ4v) is 6.53. The summed E-state index contributed by atoms with van der Waals surface area (Å²) in [7, 11) is -7.10. The van der Waals surface area contributed by atoms with Gasteiger partial charge in [0.05, 0.1) is 12.9 Å². The molecule has 0 saturated heterocycles. The van der Waals surface area contributed by atoms with Crippen LogP contribution in [0.15, 0.2) is 6.33 Å². The lowest BCUT2D eigenvalue weighted by molar-refractivity contribution is -0.105. The molecule has 1 aliphatic rings. The first kappa shape index (κ1) is 27.4. The molecule has 0 radical (unpaired) electrons. The lowest BCUT2D eigenvalue weighted by atomic mass is 10.2. The van der Waals surface area contributed by atoms with Gasteiger partial charge in [0.25, 0.3) is 0 Å². The van der Waals surface area contributed by atoms with Gasteiger partial charge < -0.3 is 34.0 Å². The van der Waals surface area contributed by atoms with E-state index in [2.05, 4.69) is 20.3 Å². The zero-order chi connectivity index (χ0) is 25.1. The molecule has 2 aromatic heterocycles. The van der Waals surface area contributed by atoms with Crippen LogP contribution in [0, 0.1) is 0 Å². The number of hydrogen-bond donors (Lipinski definition) is 4. The number of aromatic nitrogens is 4. The molecule has 3 rings (SSSR count). The monoisotopic (exact) mass is 545 g/mol. The number of ether oxygens (including phenoxy) is 2. The Morgan fingerprint density at radius 2 is 1.91 bits per heavy atom. The third-order valence-electron chi connectivity index (χ3n) is 5.37. The Morgan fingerprint density at radius 1 is 1.24 bits per heavy atom. The van der Waals surface area contributed by atoms with E-state index in [1.54, 1.807) is 0 Å². The van der Waals surface area contributed by atoms with E-state index in [1.807, 2.05) is 0 Å². The van der Waals surface area contributed by atoms with Gasteiger partial charge >= 0.3 is 15.2 Å². The highest BCUT2D eigenvalue weighted by Crippen LogP contribution is 2.55. The minimum atomic E-state index is -4.82. The highest BCUT2D eigenvalue weighted by Gasteiger charge is 2.37. The minimum Gasteiger partial charge on any atom is -0.376 e. The van der Waals surface area contributed by atoms with Gasteiger partial charge in [0.2, 0.25) is 11.6 Å². The van der Waals surface area contributed by atoms with Gasteiger partial charge in [-0.25, -0.2) is 9.37 Å². The van der Waals surface area contributed by atoms with Gasteiger partial charge in [0.1, 0.15) is 12.2 Å². The Bertz CT molecular complexity index is 1080. The van der Waals surface area contributed by atoms with Gasteiger partial charge in [0, 0.05) is 20.3 Å². The summed E-state index contributed by atoms with van der Waals surface area (Å²) in [4.78, 5) is 40.0. The molecule has 34 heavy (non-hydrogen) atoms. The second-order valence-corrected chi connectivity index (χ2v) is 12.2. The van der Waals surface area contributed by atoms with Crippen LogP contribution in [0.3, 0.4) is 0 Å². The quantitative estimate of drug-likeness (QED) is 0.227. The molecule has 1 saturated carbocycles. The molecule has 0 spiro atoms. The molecule has 0 aliphatic heterocycles. The summed E-state index contributed by atoms with van der Waals surface area (Å²) in [6.45, 7) is -0.680. The normalized spacial score (nSPS) is 19.7. The number of methoxy groups -OCH3 is 2. The molecule has 0 amide bonds. The van der Waals surface area contributed by atoms with Gasteiger partial charge in [-0.2, -0.15) is 9.97 Å². The maximum Gasteiger partial charge on any atom is 0.340 e. The highest BCUT2D eigenvalue weighted by atomic mass is 35.5. The number of hydrogen-bond acceptors (Lipinski definition) is 9. The first-order chi connectivity index (χ1) is 15.9. The standard InChI is InChI=1S/C17H27ClFN5O8P2/c1-30-11(7-32-34(28,29)9-33(25,26)27)13(31-2)14(19)24-8-20-12-15(21-10-5-3-4-6-10)22-17(18)23-16(12)24/h8,10-11,13-14H,3-7,9H2,1-2H3,(H,28,29)(H,21,22,23)(H2,25,26,27)/t11-,13-,14-/m1/s1. The van der Waals surface area contributed by atoms with Gasteiger partial charge in [-0.05, 0) is 24.4 Å². The Balaban J connectivity index is 1.82. The van der Waals surface area contributed by atoms with Crippen LogP contribution >= 0.6 is 26.8 Å². The first-order valence-electron chi connectivity index (χ1n) is 10.3. The van der Waals surface area contributed by atoms with E-state index in [0.29, 0.717) is 11.3 Å². The van der Waals surface area contributed by atoms with E-state index < -0.39 is 46.2 Å². The minimum absolute atomic E-state index is 0.0974. The van der Waals surface area contributed by atoms with E-state index in [-0.39, 0.29) is 17.0 Å². The van der Waals surface area contributed by atoms with Crippen molar-refractivity contribution in [2.75, 3.05) is 32.0 Å². The Kier molecular flexibility index (Phi) is 9.05. The fraction of sp³-hybridized carbons (Fsp3) is 0.706. The van der Waals surface area contributed by atoms with Crippen LogP contribution in [0.25, 0.3) is 11.2 Å². The van der Waals surface area contributed by atoms with Crippen LogP contribution < -0.4 is 5.32 Å². The van der Waals surface area contributed by atoms with Crippen molar-refractivity contribution < 1.29 is 42.2 Å². The number of halogens is 2. The summed E-state index contributed by atoms with van der Waals surface area (Å²) in [5.74, 6) is -1.00. The summed E-state index contributed by atoms with van der Waals surface area (Å²) < 4.78 is 54.9. The van der Waals surface area contributed by atoms with Crippen molar-refractivity contribution in [1.29, 1.82) is 0 Å². The predicted molar refractivity (Wildman–Crippen MR) is 121 cm³/mol. The van der Waals surface area contributed by atoms with E-state index >= 15 is 4.39 Å². The molecule has 0 aromatic carbocycles. The summed E-state index contributed by atoms with van der Waals surface area (Å²) >= 11 is 6.07. The molecule has 1 unspecified atom stereocenters. The van der Waals surface area contributed by atoms with Crippen molar-refractivity contribution in [1.82, 2.24) is 19.5 Å². The second-order valence-electron chi connectivity index (χ2n) is 7.88. The Labute approximate surface area is 199 Å².